The molecule has 0 aliphatic rings. The van der Waals surface area contributed by atoms with Crippen molar-refractivity contribution in [1.82, 2.24) is 4.98 Å². The van der Waals surface area contributed by atoms with Crippen molar-refractivity contribution >= 4 is 46.7 Å². The summed E-state index contributed by atoms with van der Waals surface area (Å²) >= 11 is 0. The summed E-state index contributed by atoms with van der Waals surface area (Å²) in [6.07, 6.45) is 4.03. The minimum absolute atomic E-state index is 0.0213. The molecule has 1 heterocycles. The van der Waals surface area contributed by atoms with Crippen LogP contribution in [0.2, 0.25) is 0 Å². The lowest BCUT2D eigenvalue weighted by Gasteiger charge is -2.11. The quantitative estimate of drug-likeness (QED) is 0.0975. The van der Waals surface area contributed by atoms with Crippen LogP contribution in [0.15, 0.2) is 60.8 Å². The third kappa shape index (κ3) is 24.5. The van der Waals surface area contributed by atoms with E-state index < -0.39 is 66.0 Å². The maximum Gasteiger partial charge on any atom is 0.320 e. The number of carbonyl (C=O) groups excluding carboxylic acids is 1. The number of rotatable bonds is 16. The van der Waals surface area contributed by atoms with Crippen molar-refractivity contribution in [2.75, 3.05) is 0 Å². The summed E-state index contributed by atoms with van der Waals surface area (Å²) in [7, 11) is 0. The number of nitrogens with one attached hydrogen (secondary N) is 1. The maximum absolute atomic E-state index is 10.6. The standard InChI is InChI=1S/C11H12N2O2.C9H11NO2.2C6H13NO2.C5H10N2O3/c12-9(11(14)15)5-7-6-13-10-4-2-1-3-8(7)10;10-8(9(11)12)6-7-4-2-1-3-5-7;1-4(2)3-5(7)6(8)9;1-3-4(2)5(7)6(8)9;6-3(5(9)10)1-2-4(7)8/h1-4,6,9,13H,5,12H2,(H,14,15);1-5,8H,6,10H2,(H,11,12);2*4-5H,3,7H2,1-2H3,(H,8,9);3H,1-2,6H2,(H2,7,8)(H,9,10). The van der Waals surface area contributed by atoms with Gasteiger partial charge in [-0.05, 0) is 48.3 Å². The third-order valence-corrected chi connectivity index (χ3v) is 7.65. The molecular weight excluding hydrogens is 718 g/mol. The monoisotopic (exact) mass is 777 g/mol. The van der Waals surface area contributed by atoms with Crippen LogP contribution in [0.25, 0.3) is 10.9 Å². The van der Waals surface area contributed by atoms with E-state index in [-0.39, 0.29) is 18.8 Å². The fourth-order valence-electron chi connectivity index (χ4n) is 4.11. The summed E-state index contributed by atoms with van der Waals surface area (Å²) < 4.78 is 0. The van der Waals surface area contributed by atoms with E-state index in [0.717, 1.165) is 28.5 Å². The largest absolute Gasteiger partial charge is 0.480 e. The maximum atomic E-state index is 10.6. The van der Waals surface area contributed by atoms with E-state index in [4.69, 9.17) is 59.9 Å². The molecule has 6 unspecified atom stereocenters. The van der Waals surface area contributed by atoms with E-state index in [2.05, 4.69) is 4.98 Å². The van der Waals surface area contributed by atoms with E-state index in [9.17, 15) is 28.8 Å². The number of benzene rings is 2. The molecule has 0 aliphatic heterocycles. The predicted molar refractivity (Wildman–Crippen MR) is 208 cm³/mol. The summed E-state index contributed by atoms with van der Waals surface area (Å²) in [6.45, 7) is 7.65. The smallest absolute Gasteiger partial charge is 0.320 e. The lowest BCUT2D eigenvalue weighted by Crippen LogP contribution is -2.36. The molecule has 0 saturated heterocycles. The number of aliphatic carboxylic acids is 5. The Balaban J connectivity index is 0. The van der Waals surface area contributed by atoms with Gasteiger partial charge in [-0.2, -0.15) is 0 Å². The number of carbonyl (C=O) groups is 6. The average Bonchev–Trinajstić information content (AvgIpc) is 3.53. The molecule has 0 aliphatic carbocycles. The number of fused-ring (bicyclic) bond motifs is 1. The molecule has 0 bridgehead atoms. The molecule has 6 atom stereocenters. The first-order chi connectivity index (χ1) is 25.5. The topological polar surface area (TPSA) is 375 Å². The minimum atomic E-state index is -1.11. The zero-order valence-electron chi connectivity index (χ0n) is 31.7. The molecule has 0 saturated carbocycles. The number of aromatic amines is 1. The summed E-state index contributed by atoms with van der Waals surface area (Å²) in [6, 6.07) is 13.1. The zero-order chi connectivity index (χ0) is 42.8. The first-order valence-electron chi connectivity index (χ1n) is 17.3. The zero-order valence-corrected chi connectivity index (χ0v) is 31.7. The summed E-state index contributed by atoms with van der Waals surface area (Å²) in [4.78, 5) is 64.5. The molecule has 2 aromatic carbocycles. The van der Waals surface area contributed by atoms with Gasteiger partial charge >= 0.3 is 29.8 Å². The number of hydrogen-bond donors (Lipinski definition) is 12. The Morgan fingerprint density at radius 2 is 1.11 bits per heavy atom. The van der Waals surface area contributed by atoms with Gasteiger partial charge in [-0.1, -0.05) is 82.6 Å². The fourth-order valence-corrected chi connectivity index (χ4v) is 4.11. The van der Waals surface area contributed by atoms with Crippen molar-refractivity contribution in [3.05, 3.63) is 71.9 Å². The molecule has 18 N–H and O–H groups in total. The minimum Gasteiger partial charge on any atom is -0.480 e. The molecule has 3 aromatic rings. The lowest BCUT2D eigenvalue weighted by atomic mass is 10.0. The molecule has 1 aromatic heterocycles. The normalized spacial score (nSPS) is 13.5. The van der Waals surface area contributed by atoms with Crippen LogP contribution >= 0.6 is 0 Å². The highest BCUT2D eigenvalue weighted by Crippen LogP contribution is 2.18. The van der Waals surface area contributed by atoms with Gasteiger partial charge < -0.3 is 64.9 Å². The Labute approximate surface area is 320 Å². The number of carboxylic acid groups (broad SMARTS) is 5. The van der Waals surface area contributed by atoms with Gasteiger partial charge in [-0.3, -0.25) is 28.8 Å². The van der Waals surface area contributed by atoms with Crippen LogP contribution in [-0.2, 0) is 41.6 Å². The number of primary amides is 1. The van der Waals surface area contributed by atoms with Crippen molar-refractivity contribution in [1.29, 1.82) is 0 Å². The highest BCUT2D eigenvalue weighted by molar-refractivity contribution is 5.84. The molecule has 18 heteroatoms. The highest BCUT2D eigenvalue weighted by atomic mass is 16.4. The molecule has 0 radical (unpaired) electrons. The van der Waals surface area contributed by atoms with Crippen LogP contribution in [0.3, 0.4) is 0 Å². The van der Waals surface area contributed by atoms with Gasteiger partial charge in [0.15, 0.2) is 0 Å². The summed E-state index contributed by atoms with van der Waals surface area (Å²) in [5.74, 6) is -4.97. The van der Waals surface area contributed by atoms with E-state index in [0.29, 0.717) is 25.2 Å². The third-order valence-electron chi connectivity index (χ3n) is 7.65. The van der Waals surface area contributed by atoms with Gasteiger partial charge in [-0.15, -0.1) is 0 Å². The van der Waals surface area contributed by atoms with Crippen LogP contribution in [0, 0.1) is 11.8 Å². The average molecular weight is 778 g/mol. The predicted octanol–water partition coefficient (Wildman–Crippen LogP) is 1.32. The first-order valence-corrected chi connectivity index (χ1v) is 17.3. The Kier molecular flexibility index (Phi) is 26.4. The van der Waals surface area contributed by atoms with E-state index in [1.54, 1.807) is 0 Å². The van der Waals surface area contributed by atoms with E-state index in [1.165, 1.54) is 0 Å². The Hall–Kier alpha value is -5.40. The van der Waals surface area contributed by atoms with Gasteiger partial charge in [0.05, 0.1) is 0 Å². The molecule has 1 amide bonds. The lowest BCUT2D eigenvalue weighted by molar-refractivity contribution is -0.140. The van der Waals surface area contributed by atoms with Gasteiger partial charge in [0.25, 0.3) is 0 Å². The van der Waals surface area contributed by atoms with Crippen LogP contribution in [0.4, 0.5) is 0 Å². The van der Waals surface area contributed by atoms with Crippen molar-refractivity contribution < 1.29 is 54.3 Å². The molecule has 0 spiro atoms. The van der Waals surface area contributed by atoms with Crippen molar-refractivity contribution in [2.45, 2.75) is 96.4 Å². The number of aromatic nitrogens is 1. The van der Waals surface area contributed by atoms with Gasteiger partial charge in [0.2, 0.25) is 5.91 Å². The van der Waals surface area contributed by atoms with E-state index in [1.807, 2.05) is 88.5 Å². The summed E-state index contributed by atoms with van der Waals surface area (Å²) in [5, 5.41) is 43.2. The molecule has 0 fully saturated rings. The molecular formula is C37H59N7O11. The fraction of sp³-hybridized carbons (Fsp3) is 0.459. The van der Waals surface area contributed by atoms with Crippen molar-refractivity contribution in [2.24, 2.45) is 46.2 Å². The van der Waals surface area contributed by atoms with Crippen molar-refractivity contribution in [3.63, 3.8) is 0 Å². The summed E-state index contributed by atoms with van der Waals surface area (Å²) in [5.41, 5.74) is 34.0. The second kappa shape index (κ2) is 28.1. The Bertz CT molecular complexity index is 1600. The SMILES string of the molecule is CC(C)CC(N)C(=O)O.CCC(C)C(N)C(=O)O.NC(=O)CCC(N)C(=O)O.NC(Cc1c[nH]c2ccccc12)C(=O)O.NC(Cc1ccccc1)C(=O)O. The molecule has 55 heavy (non-hydrogen) atoms. The van der Waals surface area contributed by atoms with E-state index >= 15 is 0 Å². The number of H-pyrrole nitrogens is 1. The Morgan fingerprint density at radius 3 is 1.51 bits per heavy atom. The molecule has 3 rings (SSSR count). The molecule has 18 nitrogen and oxygen atoms in total. The van der Waals surface area contributed by atoms with Crippen LogP contribution < -0.4 is 34.4 Å². The van der Waals surface area contributed by atoms with Crippen LogP contribution in [0.1, 0.15) is 64.5 Å². The van der Waals surface area contributed by atoms with Crippen LogP contribution in [0.5, 0.6) is 0 Å². The molecule has 308 valence electrons. The van der Waals surface area contributed by atoms with Crippen LogP contribution in [-0.4, -0.2) is 96.5 Å². The first kappa shape index (κ1) is 51.7. The number of hydrogen-bond acceptors (Lipinski definition) is 11. The number of para-hydroxylation sites is 1. The van der Waals surface area contributed by atoms with Crippen molar-refractivity contribution in [3.8, 4) is 0 Å². The highest BCUT2D eigenvalue weighted by Gasteiger charge is 2.18. The second-order valence-corrected chi connectivity index (χ2v) is 12.9. The van der Waals surface area contributed by atoms with Gasteiger partial charge in [-0.25, -0.2) is 0 Å². The second-order valence-electron chi connectivity index (χ2n) is 12.9. The number of amides is 1. The number of nitrogens with two attached hydrogens (primary N) is 6. The van der Waals surface area contributed by atoms with Gasteiger partial charge in [0, 0.05) is 29.9 Å². The number of carboxylic acids is 5. The Morgan fingerprint density at radius 1 is 0.636 bits per heavy atom. The van der Waals surface area contributed by atoms with Gasteiger partial charge in [0.1, 0.15) is 30.2 Å².